The SMILES string of the molecule is OC1(S)C2CC3CC(C2)CC1C3. The highest BCUT2D eigenvalue weighted by Crippen LogP contribution is 2.59. The molecule has 0 unspecified atom stereocenters. The average molecular weight is 184 g/mol. The normalized spacial score (nSPS) is 62.5. The van der Waals surface area contributed by atoms with Crippen LogP contribution in [0.5, 0.6) is 0 Å². The van der Waals surface area contributed by atoms with Crippen molar-refractivity contribution in [2.75, 3.05) is 0 Å². The molecular weight excluding hydrogens is 168 g/mol. The Balaban J connectivity index is 1.96. The highest BCUT2D eigenvalue weighted by Gasteiger charge is 2.54. The standard InChI is InChI=1S/C10H16OS/c11-10(12)8-2-6-1-7(4-8)5-9(10)3-6/h6-9,11-12H,1-5H2. The third-order valence-electron chi connectivity index (χ3n) is 4.34. The number of thiol groups is 1. The number of hydrogen-bond acceptors (Lipinski definition) is 2. The fourth-order valence-electron chi connectivity index (χ4n) is 3.88. The first-order valence-electron chi connectivity index (χ1n) is 5.11. The van der Waals surface area contributed by atoms with Crippen LogP contribution in [-0.4, -0.2) is 10.0 Å². The Kier molecular flexibility index (Phi) is 1.42. The Morgan fingerprint density at radius 3 is 1.75 bits per heavy atom. The van der Waals surface area contributed by atoms with Crippen molar-refractivity contribution in [3.63, 3.8) is 0 Å². The van der Waals surface area contributed by atoms with Gasteiger partial charge in [-0.3, -0.25) is 0 Å². The van der Waals surface area contributed by atoms with Crippen molar-refractivity contribution in [2.24, 2.45) is 23.7 Å². The van der Waals surface area contributed by atoms with E-state index in [0.29, 0.717) is 11.8 Å². The molecule has 4 saturated carbocycles. The van der Waals surface area contributed by atoms with E-state index in [1.807, 2.05) is 0 Å². The maximum atomic E-state index is 10.2. The molecule has 4 rings (SSSR count). The highest BCUT2D eigenvalue weighted by molar-refractivity contribution is 7.81. The zero-order chi connectivity index (χ0) is 8.34. The first-order chi connectivity index (χ1) is 5.66. The average Bonchev–Trinajstić information content (AvgIpc) is 1.99. The van der Waals surface area contributed by atoms with Crippen molar-refractivity contribution in [2.45, 2.75) is 37.0 Å². The second-order valence-electron chi connectivity index (χ2n) is 5.09. The second-order valence-corrected chi connectivity index (χ2v) is 5.80. The topological polar surface area (TPSA) is 20.2 Å². The van der Waals surface area contributed by atoms with Crippen LogP contribution in [0.15, 0.2) is 0 Å². The van der Waals surface area contributed by atoms with Crippen molar-refractivity contribution in [1.82, 2.24) is 0 Å². The van der Waals surface area contributed by atoms with Gasteiger partial charge in [0.1, 0.15) is 4.93 Å². The monoisotopic (exact) mass is 184 g/mol. The summed E-state index contributed by atoms with van der Waals surface area (Å²) in [7, 11) is 0. The second kappa shape index (κ2) is 2.21. The summed E-state index contributed by atoms with van der Waals surface area (Å²) in [6, 6.07) is 0. The van der Waals surface area contributed by atoms with Crippen LogP contribution in [0.4, 0.5) is 0 Å². The number of rotatable bonds is 0. The van der Waals surface area contributed by atoms with Gasteiger partial charge in [-0.2, -0.15) is 0 Å². The molecule has 0 aromatic carbocycles. The maximum Gasteiger partial charge on any atom is 0.113 e. The minimum atomic E-state index is -0.604. The van der Waals surface area contributed by atoms with Gasteiger partial charge in [-0.1, -0.05) is 0 Å². The van der Waals surface area contributed by atoms with Crippen molar-refractivity contribution >= 4 is 12.6 Å². The lowest BCUT2D eigenvalue weighted by atomic mass is 9.54. The Bertz CT molecular complexity index is 182. The van der Waals surface area contributed by atoms with Gasteiger partial charge in [-0.15, -0.1) is 12.6 Å². The summed E-state index contributed by atoms with van der Waals surface area (Å²) in [4.78, 5) is -0.604. The minimum Gasteiger partial charge on any atom is -0.379 e. The highest BCUT2D eigenvalue weighted by atomic mass is 32.1. The van der Waals surface area contributed by atoms with Gasteiger partial charge in [0.2, 0.25) is 0 Å². The van der Waals surface area contributed by atoms with Crippen LogP contribution < -0.4 is 0 Å². The zero-order valence-corrected chi connectivity index (χ0v) is 8.13. The molecule has 0 aromatic rings. The molecule has 0 amide bonds. The molecule has 0 spiro atoms. The Labute approximate surface area is 79.0 Å². The van der Waals surface area contributed by atoms with Gasteiger partial charge in [0.05, 0.1) is 0 Å². The summed E-state index contributed by atoms with van der Waals surface area (Å²) in [6.07, 6.45) is 6.41. The van der Waals surface area contributed by atoms with Crippen molar-refractivity contribution in [1.29, 1.82) is 0 Å². The molecule has 0 saturated heterocycles. The van der Waals surface area contributed by atoms with E-state index in [9.17, 15) is 5.11 Å². The van der Waals surface area contributed by atoms with E-state index in [0.717, 1.165) is 11.8 Å². The minimum absolute atomic E-state index is 0.511. The van der Waals surface area contributed by atoms with Crippen molar-refractivity contribution < 1.29 is 5.11 Å². The Hall–Kier alpha value is 0.310. The molecule has 0 radical (unpaired) electrons. The fourth-order valence-corrected chi connectivity index (χ4v) is 4.30. The summed E-state index contributed by atoms with van der Waals surface area (Å²) >= 11 is 4.46. The summed E-state index contributed by atoms with van der Waals surface area (Å²) in [5, 5.41) is 10.2. The third kappa shape index (κ3) is 0.856. The Morgan fingerprint density at radius 1 is 0.917 bits per heavy atom. The molecule has 4 bridgehead atoms. The van der Waals surface area contributed by atoms with Gasteiger partial charge >= 0.3 is 0 Å². The van der Waals surface area contributed by atoms with Gasteiger partial charge in [0.25, 0.3) is 0 Å². The molecule has 1 N–H and O–H groups in total. The summed E-state index contributed by atoms with van der Waals surface area (Å²) in [5.74, 6) is 2.88. The van der Waals surface area contributed by atoms with Crippen LogP contribution in [-0.2, 0) is 0 Å². The van der Waals surface area contributed by atoms with E-state index in [1.165, 1.54) is 32.1 Å². The lowest BCUT2D eigenvalue weighted by Gasteiger charge is -2.57. The van der Waals surface area contributed by atoms with E-state index in [2.05, 4.69) is 12.6 Å². The maximum absolute atomic E-state index is 10.2. The first-order valence-corrected chi connectivity index (χ1v) is 5.55. The van der Waals surface area contributed by atoms with Crippen LogP contribution >= 0.6 is 12.6 Å². The largest absolute Gasteiger partial charge is 0.379 e. The molecule has 0 atom stereocenters. The van der Waals surface area contributed by atoms with Gasteiger partial charge in [0.15, 0.2) is 0 Å². The van der Waals surface area contributed by atoms with Crippen LogP contribution in [0.2, 0.25) is 0 Å². The lowest BCUT2D eigenvalue weighted by molar-refractivity contribution is -0.114. The lowest BCUT2D eigenvalue weighted by Crippen LogP contribution is -2.54. The summed E-state index contributed by atoms with van der Waals surface area (Å²) < 4.78 is 0. The molecular formula is C10H16OS. The van der Waals surface area contributed by atoms with Crippen molar-refractivity contribution in [3.8, 4) is 0 Å². The van der Waals surface area contributed by atoms with Crippen LogP contribution in [0.3, 0.4) is 0 Å². The molecule has 4 aliphatic carbocycles. The van der Waals surface area contributed by atoms with Gasteiger partial charge < -0.3 is 5.11 Å². The molecule has 0 aliphatic heterocycles. The molecule has 0 heterocycles. The van der Waals surface area contributed by atoms with E-state index in [4.69, 9.17) is 0 Å². The smallest absolute Gasteiger partial charge is 0.113 e. The molecule has 4 aliphatic rings. The summed E-state index contributed by atoms with van der Waals surface area (Å²) in [5.41, 5.74) is 0. The van der Waals surface area contributed by atoms with Crippen molar-refractivity contribution in [3.05, 3.63) is 0 Å². The third-order valence-corrected chi connectivity index (χ3v) is 5.07. The van der Waals surface area contributed by atoms with Crippen LogP contribution in [0.1, 0.15) is 32.1 Å². The molecule has 68 valence electrons. The van der Waals surface area contributed by atoms with E-state index >= 15 is 0 Å². The first kappa shape index (κ1) is 7.69. The molecule has 1 nitrogen and oxygen atoms in total. The zero-order valence-electron chi connectivity index (χ0n) is 7.24. The van der Waals surface area contributed by atoms with E-state index in [-0.39, 0.29) is 0 Å². The van der Waals surface area contributed by atoms with Gasteiger partial charge in [0, 0.05) is 0 Å². The van der Waals surface area contributed by atoms with E-state index in [1.54, 1.807) is 0 Å². The van der Waals surface area contributed by atoms with Gasteiger partial charge in [-0.05, 0) is 55.8 Å². The Morgan fingerprint density at radius 2 is 1.33 bits per heavy atom. The van der Waals surface area contributed by atoms with Crippen LogP contribution in [0, 0.1) is 23.7 Å². The van der Waals surface area contributed by atoms with E-state index < -0.39 is 4.93 Å². The molecule has 0 aromatic heterocycles. The number of hydrogen-bond donors (Lipinski definition) is 2. The summed E-state index contributed by atoms with van der Waals surface area (Å²) in [6.45, 7) is 0. The predicted octanol–water partition coefficient (Wildman–Crippen LogP) is 2.06. The van der Waals surface area contributed by atoms with Gasteiger partial charge in [-0.25, -0.2) is 0 Å². The quantitative estimate of drug-likeness (QED) is 0.436. The molecule has 4 fully saturated rings. The predicted molar refractivity (Wildman–Crippen MR) is 51.0 cm³/mol. The van der Waals surface area contributed by atoms with Crippen LogP contribution in [0.25, 0.3) is 0 Å². The number of aliphatic hydroxyl groups is 1. The molecule has 12 heavy (non-hydrogen) atoms. The fraction of sp³-hybridized carbons (Fsp3) is 1.00. The molecule has 2 heteroatoms.